The van der Waals surface area contributed by atoms with Crippen LogP contribution >= 0.6 is 0 Å². The molecule has 0 aliphatic rings. The van der Waals surface area contributed by atoms with Crippen molar-refractivity contribution >= 4 is 5.91 Å². The molecule has 1 N–H and O–H groups in total. The molecular formula is C16H26N6O2. The number of hydrogen-bond donors (Lipinski definition) is 1. The van der Waals surface area contributed by atoms with Crippen LogP contribution in [0.4, 0.5) is 0 Å². The van der Waals surface area contributed by atoms with E-state index in [0.29, 0.717) is 19.6 Å². The second-order valence-electron chi connectivity index (χ2n) is 5.92. The molecule has 2 rings (SSSR count). The summed E-state index contributed by atoms with van der Waals surface area (Å²) in [6.45, 7) is 7.88. The Kier molecular flexibility index (Phi) is 6.48. The molecule has 0 fully saturated rings. The normalized spacial score (nSPS) is 12.3. The third-order valence-electron chi connectivity index (χ3n) is 3.82. The Bertz CT molecular complexity index is 663. The van der Waals surface area contributed by atoms with Crippen LogP contribution in [0.15, 0.2) is 12.4 Å². The van der Waals surface area contributed by atoms with E-state index in [1.165, 1.54) is 0 Å². The zero-order chi connectivity index (χ0) is 17.5. The van der Waals surface area contributed by atoms with Gasteiger partial charge in [-0.05, 0) is 33.3 Å². The fourth-order valence-electron chi connectivity index (χ4n) is 2.63. The molecule has 24 heavy (non-hydrogen) atoms. The van der Waals surface area contributed by atoms with Gasteiger partial charge in [0.05, 0.1) is 18.3 Å². The topological polar surface area (TPSA) is 86.9 Å². The van der Waals surface area contributed by atoms with Gasteiger partial charge in [-0.3, -0.25) is 9.48 Å². The third kappa shape index (κ3) is 4.89. The van der Waals surface area contributed by atoms with E-state index in [0.717, 1.165) is 30.2 Å². The molecule has 8 heteroatoms. The van der Waals surface area contributed by atoms with Crippen LogP contribution in [-0.2, 0) is 22.6 Å². The summed E-state index contributed by atoms with van der Waals surface area (Å²) in [5.74, 6) is 0.740. The average Bonchev–Trinajstić information content (AvgIpc) is 3.11. The first-order valence-corrected chi connectivity index (χ1v) is 8.18. The number of aromatic nitrogens is 5. The monoisotopic (exact) mass is 334 g/mol. The molecule has 1 amide bonds. The van der Waals surface area contributed by atoms with Gasteiger partial charge in [0, 0.05) is 32.3 Å². The van der Waals surface area contributed by atoms with Gasteiger partial charge in [0.2, 0.25) is 5.91 Å². The maximum absolute atomic E-state index is 12.1. The molecule has 132 valence electrons. The van der Waals surface area contributed by atoms with Gasteiger partial charge in [0.1, 0.15) is 6.33 Å². The number of amides is 1. The molecule has 0 aromatic carbocycles. The van der Waals surface area contributed by atoms with E-state index in [2.05, 4.69) is 20.6 Å². The number of carbonyl (C=O) groups excluding carboxylic acids is 1. The van der Waals surface area contributed by atoms with Crippen molar-refractivity contribution in [2.45, 2.75) is 52.7 Å². The van der Waals surface area contributed by atoms with E-state index in [1.54, 1.807) is 13.4 Å². The Morgan fingerprint density at radius 2 is 2.17 bits per heavy atom. The van der Waals surface area contributed by atoms with E-state index in [4.69, 9.17) is 4.74 Å². The highest BCUT2D eigenvalue weighted by molar-refractivity contribution is 5.76. The molecule has 2 heterocycles. The maximum Gasteiger partial charge on any atom is 0.220 e. The zero-order valence-electron chi connectivity index (χ0n) is 14.8. The van der Waals surface area contributed by atoms with Crippen LogP contribution in [0.2, 0.25) is 0 Å². The van der Waals surface area contributed by atoms with Gasteiger partial charge < -0.3 is 14.6 Å². The van der Waals surface area contributed by atoms with Gasteiger partial charge >= 0.3 is 0 Å². The van der Waals surface area contributed by atoms with Gasteiger partial charge in [-0.15, -0.1) is 10.2 Å². The summed E-state index contributed by atoms with van der Waals surface area (Å²) in [6.07, 6.45) is 2.85. The molecule has 0 radical (unpaired) electrons. The van der Waals surface area contributed by atoms with Crippen LogP contribution < -0.4 is 5.32 Å². The minimum absolute atomic E-state index is 0.00493. The lowest BCUT2D eigenvalue weighted by atomic mass is 10.2. The van der Waals surface area contributed by atoms with Crippen LogP contribution in [0.1, 0.15) is 43.0 Å². The Labute approximate surface area is 142 Å². The highest BCUT2D eigenvalue weighted by atomic mass is 16.5. The van der Waals surface area contributed by atoms with Crippen LogP contribution in [0.25, 0.3) is 0 Å². The fourth-order valence-corrected chi connectivity index (χ4v) is 2.63. The summed E-state index contributed by atoms with van der Waals surface area (Å²) >= 11 is 0. The maximum atomic E-state index is 12.1. The van der Waals surface area contributed by atoms with E-state index < -0.39 is 0 Å². The Hall–Kier alpha value is -2.22. The Balaban J connectivity index is 1.79. The van der Waals surface area contributed by atoms with Gasteiger partial charge in [-0.1, -0.05) is 0 Å². The van der Waals surface area contributed by atoms with E-state index in [-0.39, 0.29) is 11.9 Å². The highest BCUT2D eigenvalue weighted by Gasteiger charge is 2.15. The largest absolute Gasteiger partial charge is 0.383 e. The number of nitrogens with zero attached hydrogens (tertiary/aromatic N) is 5. The van der Waals surface area contributed by atoms with E-state index in [1.807, 2.05) is 36.1 Å². The van der Waals surface area contributed by atoms with Gasteiger partial charge in [0.15, 0.2) is 5.82 Å². The second-order valence-corrected chi connectivity index (χ2v) is 5.92. The standard InChI is InChI=1S/C16H26N6O2/c1-12-10-13(2)22(20-12)7-5-6-15(23)18-14(3)16-19-17-11-21(16)8-9-24-4/h10-11,14H,5-9H2,1-4H3,(H,18,23)/t14-/m1/s1. The molecule has 2 aromatic rings. The van der Waals surface area contributed by atoms with Crippen molar-refractivity contribution in [3.8, 4) is 0 Å². The van der Waals surface area contributed by atoms with Crippen molar-refractivity contribution in [1.82, 2.24) is 29.9 Å². The highest BCUT2D eigenvalue weighted by Crippen LogP contribution is 2.10. The summed E-state index contributed by atoms with van der Waals surface area (Å²) in [4.78, 5) is 12.1. The van der Waals surface area contributed by atoms with Crippen molar-refractivity contribution in [1.29, 1.82) is 0 Å². The first kappa shape index (κ1) is 18.1. The summed E-state index contributed by atoms with van der Waals surface area (Å²) in [6, 6.07) is 1.85. The number of hydrogen-bond acceptors (Lipinski definition) is 5. The van der Waals surface area contributed by atoms with Crippen LogP contribution in [-0.4, -0.2) is 44.2 Å². The summed E-state index contributed by atoms with van der Waals surface area (Å²) in [5.41, 5.74) is 2.12. The number of ether oxygens (including phenoxy) is 1. The smallest absolute Gasteiger partial charge is 0.220 e. The molecule has 0 saturated heterocycles. The summed E-state index contributed by atoms with van der Waals surface area (Å²) in [7, 11) is 1.65. The minimum Gasteiger partial charge on any atom is -0.383 e. The molecule has 2 aromatic heterocycles. The number of carbonyl (C=O) groups is 1. The van der Waals surface area contributed by atoms with Gasteiger partial charge in [-0.25, -0.2) is 0 Å². The van der Waals surface area contributed by atoms with Crippen LogP contribution in [0.5, 0.6) is 0 Å². The fraction of sp³-hybridized carbons (Fsp3) is 0.625. The third-order valence-corrected chi connectivity index (χ3v) is 3.82. The van der Waals surface area contributed by atoms with Crippen molar-refractivity contribution in [2.75, 3.05) is 13.7 Å². The van der Waals surface area contributed by atoms with E-state index in [9.17, 15) is 4.79 Å². The number of nitrogens with one attached hydrogen (secondary N) is 1. The zero-order valence-corrected chi connectivity index (χ0v) is 14.8. The first-order chi connectivity index (χ1) is 11.5. The SMILES string of the molecule is COCCn1cnnc1[C@@H](C)NC(=O)CCCn1nc(C)cc1C. The van der Waals surface area contributed by atoms with Crippen LogP contribution in [0.3, 0.4) is 0 Å². The number of methoxy groups -OCH3 is 1. The van der Waals surface area contributed by atoms with Crippen molar-refractivity contribution in [3.63, 3.8) is 0 Å². The van der Waals surface area contributed by atoms with Gasteiger partial charge in [-0.2, -0.15) is 5.10 Å². The minimum atomic E-state index is -0.189. The molecular weight excluding hydrogens is 308 g/mol. The number of aryl methyl sites for hydroxylation is 3. The molecule has 0 unspecified atom stereocenters. The van der Waals surface area contributed by atoms with Gasteiger partial charge in [0.25, 0.3) is 0 Å². The lowest BCUT2D eigenvalue weighted by molar-refractivity contribution is -0.121. The average molecular weight is 334 g/mol. The molecule has 1 atom stereocenters. The predicted molar refractivity (Wildman–Crippen MR) is 89.4 cm³/mol. The predicted octanol–water partition coefficient (Wildman–Crippen LogP) is 1.40. The molecule has 8 nitrogen and oxygen atoms in total. The first-order valence-electron chi connectivity index (χ1n) is 8.18. The van der Waals surface area contributed by atoms with Crippen molar-refractivity contribution in [3.05, 3.63) is 29.6 Å². The second kappa shape index (κ2) is 8.58. The molecule has 0 aliphatic carbocycles. The summed E-state index contributed by atoms with van der Waals surface area (Å²) < 4.78 is 8.90. The van der Waals surface area contributed by atoms with Crippen molar-refractivity contribution < 1.29 is 9.53 Å². The number of rotatable bonds is 9. The lowest BCUT2D eigenvalue weighted by Gasteiger charge is -2.14. The quantitative estimate of drug-likeness (QED) is 0.749. The van der Waals surface area contributed by atoms with Crippen molar-refractivity contribution in [2.24, 2.45) is 0 Å². The molecule has 0 bridgehead atoms. The molecule has 0 spiro atoms. The molecule has 0 saturated carbocycles. The van der Waals surface area contributed by atoms with Crippen LogP contribution in [0, 0.1) is 13.8 Å². The lowest BCUT2D eigenvalue weighted by Crippen LogP contribution is -2.29. The molecule has 0 aliphatic heterocycles. The Morgan fingerprint density at radius 3 is 2.83 bits per heavy atom. The summed E-state index contributed by atoms with van der Waals surface area (Å²) in [5, 5.41) is 15.4. The Morgan fingerprint density at radius 1 is 1.38 bits per heavy atom. The van der Waals surface area contributed by atoms with E-state index >= 15 is 0 Å².